The number of thioether (sulfide) groups is 1. The molecule has 2 aliphatic rings. The molecule has 2 rings (SSSR count). The molecular formula is C10H13N3O5S. The van der Waals surface area contributed by atoms with Gasteiger partial charge in [-0.05, 0) is 0 Å². The van der Waals surface area contributed by atoms with Gasteiger partial charge < -0.3 is 20.9 Å². The molecule has 0 bridgehead atoms. The lowest BCUT2D eigenvalue weighted by atomic mass is 10.0. The maximum absolute atomic E-state index is 11.6. The van der Waals surface area contributed by atoms with Crippen LogP contribution < -0.4 is 11.1 Å². The summed E-state index contributed by atoms with van der Waals surface area (Å²) in [4.78, 5) is 35.0. The molecule has 2 aliphatic heterocycles. The standard InChI is InChI=1S/C10H13N3O5S/c1-12-10(17)18-2-4-3-19-8-5(11)7(14)13(8)6(4)9(15)16/h5,8H,2-3,11H2,1H3,(H,12,17)(H,15,16)/t5-,8-/m1/s1. The topological polar surface area (TPSA) is 122 Å². The Bertz CT molecular complexity index is 478. The number of amides is 2. The highest BCUT2D eigenvalue weighted by Crippen LogP contribution is 2.39. The Balaban J connectivity index is 2.20. The number of ether oxygens (including phenoxy) is 1. The largest absolute Gasteiger partial charge is 0.477 e. The third kappa shape index (κ3) is 2.26. The molecule has 1 fully saturated rings. The summed E-state index contributed by atoms with van der Waals surface area (Å²) in [5.41, 5.74) is 5.87. The van der Waals surface area contributed by atoms with Crippen LogP contribution in [0.25, 0.3) is 0 Å². The van der Waals surface area contributed by atoms with Crippen LogP contribution >= 0.6 is 11.8 Å². The Kier molecular flexibility index (Phi) is 3.67. The van der Waals surface area contributed by atoms with E-state index in [-0.39, 0.29) is 17.7 Å². The highest BCUT2D eigenvalue weighted by Gasteiger charge is 2.51. The maximum Gasteiger partial charge on any atom is 0.407 e. The van der Waals surface area contributed by atoms with Crippen LogP contribution in [0.15, 0.2) is 11.3 Å². The fourth-order valence-corrected chi connectivity index (χ4v) is 3.19. The van der Waals surface area contributed by atoms with Gasteiger partial charge in [-0.1, -0.05) is 0 Å². The van der Waals surface area contributed by atoms with E-state index in [4.69, 9.17) is 10.5 Å². The second kappa shape index (κ2) is 5.10. The monoisotopic (exact) mass is 287 g/mol. The number of carboxylic acids is 1. The maximum atomic E-state index is 11.6. The molecule has 0 radical (unpaired) electrons. The first kappa shape index (κ1) is 13.7. The Morgan fingerprint density at radius 1 is 1.63 bits per heavy atom. The minimum Gasteiger partial charge on any atom is -0.477 e. The molecule has 0 spiro atoms. The Morgan fingerprint density at radius 3 is 2.89 bits per heavy atom. The lowest BCUT2D eigenvalue weighted by Gasteiger charge is -2.47. The van der Waals surface area contributed by atoms with E-state index in [1.165, 1.54) is 18.8 Å². The molecule has 1 saturated heterocycles. The lowest BCUT2D eigenvalue weighted by Crippen LogP contribution is -2.68. The highest BCUT2D eigenvalue weighted by molar-refractivity contribution is 8.00. The Hall–Kier alpha value is -1.74. The molecule has 0 aliphatic carbocycles. The molecule has 19 heavy (non-hydrogen) atoms. The van der Waals surface area contributed by atoms with Crippen molar-refractivity contribution in [2.75, 3.05) is 19.4 Å². The number of carbonyl (C=O) groups excluding carboxylic acids is 2. The summed E-state index contributed by atoms with van der Waals surface area (Å²) in [6, 6.07) is -0.666. The molecule has 9 heteroatoms. The van der Waals surface area contributed by atoms with Crippen molar-refractivity contribution in [2.45, 2.75) is 11.4 Å². The molecule has 0 unspecified atom stereocenters. The van der Waals surface area contributed by atoms with Crippen molar-refractivity contribution in [1.82, 2.24) is 10.2 Å². The van der Waals surface area contributed by atoms with E-state index in [2.05, 4.69) is 5.32 Å². The van der Waals surface area contributed by atoms with Gasteiger partial charge in [0.2, 0.25) is 5.91 Å². The summed E-state index contributed by atoms with van der Waals surface area (Å²) in [6.45, 7) is -0.167. The molecule has 8 nitrogen and oxygen atoms in total. The molecule has 2 atom stereocenters. The van der Waals surface area contributed by atoms with Crippen LogP contribution in [0.4, 0.5) is 4.79 Å². The second-order valence-electron chi connectivity index (χ2n) is 4.02. The van der Waals surface area contributed by atoms with Gasteiger partial charge in [0.1, 0.15) is 23.7 Å². The van der Waals surface area contributed by atoms with Crippen LogP contribution in [0.1, 0.15) is 0 Å². The van der Waals surface area contributed by atoms with Crippen molar-refractivity contribution >= 4 is 29.7 Å². The van der Waals surface area contributed by atoms with Crippen LogP contribution in [0.3, 0.4) is 0 Å². The van der Waals surface area contributed by atoms with Crippen molar-refractivity contribution in [3.8, 4) is 0 Å². The van der Waals surface area contributed by atoms with Gasteiger partial charge in [0.25, 0.3) is 0 Å². The van der Waals surface area contributed by atoms with Gasteiger partial charge in [0.05, 0.1) is 0 Å². The zero-order valence-corrected chi connectivity index (χ0v) is 10.9. The van der Waals surface area contributed by atoms with Gasteiger partial charge >= 0.3 is 12.1 Å². The number of rotatable bonds is 3. The van der Waals surface area contributed by atoms with Crippen LogP contribution in [0.5, 0.6) is 0 Å². The minimum absolute atomic E-state index is 0.126. The van der Waals surface area contributed by atoms with Crippen molar-refractivity contribution in [1.29, 1.82) is 0 Å². The summed E-state index contributed by atoms with van der Waals surface area (Å²) in [5, 5.41) is 11.1. The van der Waals surface area contributed by atoms with Crippen LogP contribution in [0.2, 0.25) is 0 Å². The first-order chi connectivity index (χ1) is 8.97. The van der Waals surface area contributed by atoms with E-state index in [1.807, 2.05) is 0 Å². The fourth-order valence-electron chi connectivity index (χ4n) is 1.92. The summed E-state index contributed by atoms with van der Waals surface area (Å²) in [5.74, 6) is -1.28. The number of nitrogens with one attached hydrogen (secondary N) is 1. The number of carbonyl (C=O) groups is 3. The minimum atomic E-state index is -1.22. The average molecular weight is 287 g/mol. The third-order valence-electron chi connectivity index (χ3n) is 2.87. The zero-order valence-electron chi connectivity index (χ0n) is 10.1. The predicted molar refractivity (Wildman–Crippen MR) is 66.1 cm³/mol. The fraction of sp³-hybridized carbons (Fsp3) is 0.500. The number of nitrogens with zero attached hydrogens (tertiary/aromatic N) is 1. The predicted octanol–water partition coefficient (Wildman–Crippen LogP) is -1.08. The number of alkyl carbamates (subject to hydrolysis) is 1. The first-order valence-corrected chi connectivity index (χ1v) is 6.52. The van der Waals surface area contributed by atoms with E-state index in [0.29, 0.717) is 11.3 Å². The van der Waals surface area contributed by atoms with E-state index in [9.17, 15) is 19.5 Å². The summed E-state index contributed by atoms with van der Waals surface area (Å²) >= 11 is 1.36. The average Bonchev–Trinajstić information content (AvgIpc) is 2.42. The van der Waals surface area contributed by atoms with Gasteiger partial charge in [-0.15, -0.1) is 11.8 Å². The van der Waals surface area contributed by atoms with Gasteiger partial charge in [-0.2, -0.15) is 0 Å². The van der Waals surface area contributed by atoms with E-state index in [0.717, 1.165) is 4.90 Å². The smallest absolute Gasteiger partial charge is 0.407 e. The molecule has 0 aromatic carbocycles. The number of hydrogen-bond donors (Lipinski definition) is 3. The molecule has 0 saturated carbocycles. The number of β-lactam (4-membered cyclic amide) rings is 1. The van der Waals surface area contributed by atoms with Crippen LogP contribution in [-0.2, 0) is 14.3 Å². The first-order valence-electron chi connectivity index (χ1n) is 5.47. The molecule has 104 valence electrons. The van der Waals surface area contributed by atoms with Crippen LogP contribution in [-0.4, -0.2) is 58.8 Å². The van der Waals surface area contributed by atoms with Crippen molar-refractivity contribution < 1.29 is 24.2 Å². The third-order valence-corrected chi connectivity index (χ3v) is 4.23. The molecule has 2 amide bonds. The normalized spacial score (nSPS) is 25.6. The van der Waals surface area contributed by atoms with Gasteiger partial charge in [-0.25, -0.2) is 9.59 Å². The van der Waals surface area contributed by atoms with E-state index >= 15 is 0 Å². The van der Waals surface area contributed by atoms with Crippen LogP contribution in [0, 0.1) is 0 Å². The van der Waals surface area contributed by atoms with Crippen molar-refractivity contribution in [3.05, 3.63) is 11.3 Å². The summed E-state index contributed by atoms with van der Waals surface area (Å²) in [7, 11) is 1.40. The van der Waals surface area contributed by atoms with Crippen molar-refractivity contribution in [3.63, 3.8) is 0 Å². The number of carboxylic acid groups (broad SMARTS) is 1. The van der Waals surface area contributed by atoms with E-state index in [1.54, 1.807) is 0 Å². The number of hydrogen-bond acceptors (Lipinski definition) is 6. The van der Waals surface area contributed by atoms with Crippen molar-refractivity contribution in [2.24, 2.45) is 5.73 Å². The SMILES string of the molecule is CNC(=O)OCC1=C(C(=O)O)N2C(=O)[C@@H](N)[C@H]2SC1. The molecule has 4 N–H and O–H groups in total. The summed E-state index contributed by atoms with van der Waals surface area (Å²) < 4.78 is 4.83. The quantitative estimate of drug-likeness (QED) is 0.564. The number of nitrogens with two attached hydrogens (primary N) is 1. The molecule has 0 aromatic rings. The second-order valence-corrected chi connectivity index (χ2v) is 5.12. The number of fused-ring (bicyclic) bond motifs is 1. The molecular weight excluding hydrogens is 274 g/mol. The van der Waals surface area contributed by atoms with Gasteiger partial charge in [0, 0.05) is 18.4 Å². The summed E-state index contributed by atoms with van der Waals surface area (Å²) in [6.07, 6.45) is -0.656. The Labute approximate surface area is 112 Å². The molecule has 2 heterocycles. The number of aliphatic carboxylic acids is 1. The molecule has 0 aromatic heterocycles. The van der Waals surface area contributed by atoms with Gasteiger partial charge in [-0.3, -0.25) is 9.69 Å². The Morgan fingerprint density at radius 2 is 2.32 bits per heavy atom. The lowest BCUT2D eigenvalue weighted by molar-refractivity contribution is -0.148. The van der Waals surface area contributed by atoms with Gasteiger partial charge in [0.15, 0.2) is 0 Å². The zero-order chi connectivity index (χ0) is 14.2. The van der Waals surface area contributed by atoms with E-state index < -0.39 is 24.0 Å². The highest BCUT2D eigenvalue weighted by atomic mass is 32.2.